The van der Waals surface area contributed by atoms with Gasteiger partial charge in [0.05, 0.1) is 25.7 Å². The SMILES string of the molecule is COc1cc(C=O)cc2c1O[C@@H]1[C@@H](O)[C@H](N(CCC(C)C)C(C)=O)C=C(C(=O)NCCO)[C@H]21. The maximum absolute atomic E-state index is 13.1. The van der Waals surface area contributed by atoms with E-state index in [1.54, 1.807) is 17.0 Å². The van der Waals surface area contributed by atoms with Gasteiger partial charge in [0.1, 0.15) is 18.5 Å². The Balaban J connectivity index is 2.10. The normalized spacial score (nSPS) is 23.2. The van der Waals surface area contributed by atoms with Crippen molar-refractivity contribution in [1.29, 1.82) is 0 Å². The molecule has 33 heavy (non-hydrogen) atoms. The van der Waals surface area contributed by atoms with E-state index in [0.717, 1.165) is 6.42 Å². The highest BCUT2D eigenvalue weighted by atomic mass is 16.5. The third kappa shape index (κ3) is 4.89. The van der Waals surface area contributed by atoms with Crippen LogP contribution in [0.5, 0.6) is 11.5 Å². The lowest BCUT2D eigenvalue weighted by Gasteiger charge is -2.40. The number of amides is 2. The average molecular weight is 461 g/mol. The highest BCUT2D eigenvalue weighted by molar-refractivity contribution is 5.96. The van der Waals surface area contributed by atoms with Crippen molar-refractivity contribution < 1.29 is 34.1 Å². The van der Waals surface area contributed by atoms with Gasteiger partial charge < -0.3 is 29.9 Å². The zero-order valence-electron chi connectivity index (χ0n) is 19.4. The number of carbonyl (C=O) groups excluding carboxylic acids is 3. The van der Waals surface area contributed by atoms with Crippen LogP contribution in [0.25, 0.3) is 0 Å². The van der Waals surface area contributed by atoms with Crippen molar-refractivity contribution in [2.75, 3.05) is 26.8 Å². The van der Waals surface area contributed by atoms with Crippen LogP contribution in [-0.2, 0) is 9.59 Å². The summed E-state index contributed by atoms with van der Waals surface area (Å²) in [5.41, 5.74) is 1.22. The number of fused-ring (bicyclic) bond motifs is 3. The first kappa shape index (κ1) is 24.7. The van der Waals surface area contributed by atoms with E-state index in [1.165, 1.54) is 20.1 Å². The predicted molar refractivity (Wildman–Crippen MR) is 120 cm³/mol. The van der Waals surface area contributed by atoms with Crippen molar-refractivity contribution in [3.8, 4) is 11.5 Å². The van der Waals surface area contributed by atoms with Gasteiger partial charge in [-0.05, 0) is 30.5 Å². The van der Waals surface area contributed by atoms with Crippen molar-refractivity contribution in [2.45, 2.75) is 51.4 Å². The number of hydrogen-bond acceptors (Lipinski definition) is 7. The first-order valence-electron chi connectivity index (χ1n) is 11.1. The molecule has 180 valence electrons. The summed E-state index contributed by atoms with van der Waals surface area (Å²) in [7, 11) is 1.45. The molecule has 0 fully saturated rings. The van der Waals surface area contributed by atoms with Gasteiger partial charge in [-0.25, -0.2) is 0 Å². The largest absolute Gasteiger partial charge is 0.493 e. The van der Waals surface area contributed by atoms with Gasteiger partial charge >= 0.3 is 0 Å². The Morgan fingerprint density at radius 1 is 1.33 bits per heavy atom. The van der Waals surface area contributed by atoms with Crippen LogP contribution in [0.15, 0.2) is 23.8 Å². The first-order valence-corrected chi connectivity index (χ1v) is 11.1. The second kappa shape index (κ2) is 10.4. The molecule has 0 spiro atoms. The summed E-state index contributed by atoms with van der Waals surface area (Å²) < 4.78 is 11.5. The molecule has 0 radical (unpaired) electrons. The molecular formula is C24H32N2O7. The maximum atomic E-state index is 13.1. The molecule has 0 saturated heterocycles. The summed E-state index contributed by atoms with van der Waals surface area (Å²) in [6.45, 7) is 5.76. The molecule has 0 unspecified atom stereocenters. The summed E-state index contributed by atoms with van der Waals surface area (Å²) in [4.78, 5) is 38.6. The lowest BCUT2D eigenvalue weighted by Crippen LogP contribution is -2.55. The van der Waals surface area contributed by atoms with Crippen LogP contribution in [0.2, 0.25) is 0 Å². The number of aliphatic hydroxyl groups is 2. The van der Waals surface area contributed by atoms with Crippen molar-refractivity contribution in [2.24, 2.45) is 5.92 Å². The summed E-state index contributed by atoms with van der Waals surface area (Å²) >= 11 is 0. The molecule has 1 aromatic carbocycles. The molecule has 3 rings (SSSR count). The molecule has 4 atom stereocenters. The van der Waals surface area contributed by atoms with E-state index in [1.807, 2.05) is 13.8 Å². The number of rotatable bonds is 9. The van der Waals surface area contributed by atoms with E-state index < -0.39 is 30.1 Å². The zero-order chi connectivity index (χ0) is 24.3. The van der Waals surface area contributed by atoms with Crippen molar-refractivity contribution in [3.63, 3.8) is 0 Å². The summed E-state index contributed by atoms with van der Waals surface area (Å²) in [5.74, 6) is -0.301. The molecule has 1 aromatic rings. The zero-order valence-corrected chi connectivity index (χ0v) is 19.4. The third-order valence-electron chi connectivity index (χ3n) is 6.12. The lowest BCUT2D eigenvalue weighted by molar-refractivity contribution is -0.135. The summed E-state index contributed by atoms with van der Waals surface area (Å²) in [6.07, 6.45) is 1.04. The lowest BCUT2D eigenvalue weighted by atomic mass is 9.77. The number of benzene rings is 1. The van der Waals surface area contributed by atoms with Gasteiger partial charge in [-0.1, -0.05) is 13.8 Å². The number of hydrogen-bond donors (Lipinski definition) is 3. The average Bonchev–Trinajstić information content (AvgIpc) is 3.17. The van der Waals surface area contributed by atoms with Gasteiger partial charge in [-0.15, -0.1) is 0 Å². The monoisotopic (exact) mass is 460 g/mol. The van der Waals surface area contributed by atoms with Gasteiger partial charge in [0, 0.05) is 36.7 Å². The molecule has 0 saturated carbocycles. The Hall–Kier alpha value is -2.91. The number of nitrogens with one attached hydrogen (secondary N) is 1. The quantitative estimate of drug-likeness (QED) is 0.470. The van der Waals surface area contributed by atoms with Crippen LogP contribution < -0.4 is 14.8 Å². The van der Waals surface area contributed by atoms with E-state index in [4.69, 9.17) is 14.6 Å². The Morgan fingerprint density at radius 2 is 2.06 bits per heavy atom. The van der Waals surface area contributed by atoms with Crippen LogP contribution in [0.3, 0.4) is 0 Å². The smallest absolute Gasteiger partial charge is 0.247 e. The molecular weight excluding hydrogens is 428 g/mol. The first-order chi connectivity index (χ1) is 15.7. The highest BCUT2D eigenvalue weighted by Gasteiger charge is 2.51. The van der Waals surface area contributed by atoms with Gasteiger partial charge in [-0.2, -0.15) is 0 Å². The molecule has 9 nitrogen and oxygen atoms in total. The second-order valence-corrected chi connectivity index (χ2v) is 8.80. The van der Waals surface area contributed by atoms with Crippen LogP contribution in [0.1, 0.15) is 49.0 Å². The number of nitrogens with zero attached hydrogens (tertiary/aromatic N) is 1. The number of ether oxygens (including phenoxy) is 2. The van der Waals surface area contributed by atoms with Crippen LogP contribution in [0.4, 0.5) is 0 Å². The van der Waals surface area contributed by atoms with Crippen molar-refractivity contribution in [1.82, 2.24) is 10.2 Å². The number of carbonyl (C=O) groups is 3. The molecule has 3 N–H and O–H groups in total. The third-order valence-corrected chi connectivity index (χ3v) is 6.12. The van der Waals surface area contributed by atoms with Gasteiger partial charge in [0.2, 0.25) is 11.8 Å². The van der Waals surface area contributed by atoms with Gasteiger partial charge in [-0.3, -0.25) is 14.4 Å². The number of methoxy groups -OCH3 is 1. The fraction of sp³-hybridized carbons (Fsp3) is 0.542. The van der Waals surface area contributed by atoms with E-state index in [9.17, 15) is 19.5 Å². The van der Waals surface area contributed by atoms with E-state index in [-0.39, 0.29) is 19.1 Å². The summed E-state index contributed by atoms with van der Waals surface area (Å²) in [6, 6.07) is 2.38. The Morgan fingerprint density at radius 3 is 2.64 bits per heavy atom. The molecule has 0 bridgehead atoms. The topological polar surface area (TPSA) is 125 Å². The maximum Gasteiger partial charge on any atom is 0.247 e. The van der Waals surface area contributed by atoms with Crippen LogP contribution in [0, 0.1) is 5.92 Å². The van der Waals surface area contributed by atoms with E-state index in [2.05, 4.69) is 5.32 Å². The predicted octanol–water partition coefficient (Wildman–Crippen LogP) is 1.02. The summed E-state index contributed by atoms with van der Waals surface area (Å²) in [5, 5.41) is 23.1. The molecule has 1 aliphatic heterocycles. The molecule has 0 aromatic heterocycles. The van der Waals surface area contributed by atoms with Gasteiger partial charge in [0.25, 0.3) is 0 Å². The van der Waals surface area contributed by atoms with Crippen molar-refractivity contribution >= 4 is 18.1 Å². The highest BCUT2D eigenvalue weighted by Crippen LogP contribution is 2.51. The minimum atomic E-state index is -1.11. The standard InChI is InChI=1S/C24H32N2O7/c1-13(2)5-7-26(14(3)29)18-11-17(24(31)25-6-8-27)20-16-9-15(12-28)10-19(32-4)22(16)33-23(20)21(18)30/h9-13,18,20-21,23,27,30H,5-8H2,1-4H3,(H,25,31)/t18-,20+,21+,23+/m1/s1. The molecule has 2 aliphatic rings. The number of aliphatic hydroxyl groups excluding tert-OH is 2. The minimum Gasteiger partial charge on any atom is -0.493 e. The molecule has 1 aliphatic carbocycles. The van der Waals surface area contributed by atoms with E-state index >= 15 is 0 Å². The fourth-order valence-corrected chi connectivity index (χ4v) is 4.47. The minimum absolute atomic E-state index is 0.0516. The van der Waals surface area contributed by atoms with Crippen LogP contribution in [-0.4, -0.2) is 78.3 Å². The number of aldehydes is 1. The Bertz CT molecular complexity index is 943. The molecule has 2 amide bonds. The molecule has 1 heterocycles. The molecule has 9 heteroatoms. The van der Waals surface area contributed by atoms with Crippen molar-refractivity contribution in [3.05, 3.63) is 34.9 Å². The van der Waals surface area contributed by atoms with Crippen LogP contribution >= 0.6 is 0 Å². The second-order valence-electron chi connectivity index (χ2n) is 8.80. The fourth-order valence-electron chi connectivity index (χ4n) is 4.47. The Kier molecular flexibility index (Phi) is 7.76. The Labute approximate surface area is 193 Å². The van der Waals surface area contributed by atoms with E-state index in [0.29, 0.717) is 46.9 Å². The van der Waals surface area contributed by atoms with Gasteiger partial charge in [0.15, 0.2) is 11.5 Å².